The van der Waals surface area contributed by atoms with Crippen molar-refractivity contribution in [3.05, 3.63) is 58.1 Å². The maximum Gasteiger partial charge on any atom is 0.311 e. The molecule has 0 aromatic heterocycles. The van der Waals surface area contributed by atoms with E-state index in [1.165, 1.54) is 4.90 Å². The van der Waals surface area contributed by atoms with Crippen LogP contribution in [0.3, 0.4) is 0 Å². The average molecular weight is 421 g/mol. The monoisotopic (exact) mass is 420 g/mol. The molecule has 0 radical (unpaired) electrons. The van der Waals surface area contributed by atoms with Crippen molar-refractivity contribution < 1.29 is 19.1 Å². The number of anilines is 2. The minimum Gasteiger partial charge on any atom is -0.455 e. The molecule has 28 heavy (non-hydrogen) atoms. The molecule has 0 bridgehead atoms. The smallest absolute Gasteiger partial charge is 0.311 e. The van der Waals surface area contributed by atoms with E-state index in [-0.39, 0.29) is 23.9 Å². The first-order valence-electron chi connectivity index (χ1n) is 8.62. The number of aryl methyl sites for hydroxylation is 1. The molecule has 0 unspecified atom stereocenters. The molecule has 0 saturated carbocycles. The number of carbonyl (C=O) groups excluding carboxylic acids is 3. The van der Waals surface area contributed by atoms with Gasteiger partial charge in [0.05, 0.1) is 21.7 Å². The molecule has 1 fully saturated rings. The summed E-state index contributed by atoms with van der Waals surface area (Å²) in [6.45, 7) is 1.64. The van der Waals surface area contributed by atoms with Crippen molar-refractivity contribution in [2.45, 2.75) is 13.3 Å². The molecule has 146 valence electrons. The van der Waals surface area contributed by atoms with Gasteiger partial charge >= 0.3 is 5.97 Å². The lowest BCUT2D eigenvalue weighted by Crippen LogP contribution is -2.28. The number of amides is 2. The highest BCUT2D eigenvalue weighted by molar-refractivity contribution is 6.44. The molecule has 1 aliphatic heterocycles. The number of hydrogen-bond donors (Lipinski definition) is 1. The highest BCUT2D eigenvalue weighted by Crippen LogP contribution is 2.35. The summed E-state index contributed by atoms with van der Waals surface area (Å²) in [5.41, 5.74) is 2.13. The van der Waals surface area contributed by atoms with E-state index in [2.05, 4.69) is 5.32 Å². The second kappa shape index (κ2) is 8.63. The number of benzene rings is 2. The van der Waals surface area contributed by atoms with E-state index in [1.54, 1.807) is 30.3 Å². The fourth-order valence-corrected chi connectivity index (χ4v) is 3.29. The van der Waals surface area contributed by atoms with E-state index in [4.69, 9.17) is 27.9 Å². The van der Waals surface area contributed by atoms with Crippen molar-refractivity contribution in [3.8, 4) is 0 Å². The van der Waals surface area contributed by atoms with Crippen molar-refractivity contribution in [1.82, 2.24) is 0 Å². The van der Waals surface area contributed by atoms with Gasteiger partial charge in [-0.1, -0.05) is 47.0 Å². The van der Waals surface area contributed by atoms with Crippen LogP contribution in [0.5, 0.6) is 0 Å². The van der Waals surface area contributed by atoms with E-state index < -0.39 is 24.4 Å². The van der Waals surface area contributed by atoms with Gasteiger partial charge in [0.2, 0.25) is 5.91 Å². The Hall–Kier alpha value is -2.57. The zero-order chi connectivity index (χ0) is 20.3. The Labute approximate surface area is 172 Å². The van der Waals surface area contributed by atoms with Gasteiger partial charge in [-0.2, -0.15) is 0 Å². The van der Waals surface area contributed by atoms with E-state index >= 15 is 0 Å². The van der Waals surface area contributed by atoms with Gasteiger partial charge in [-0.15, -0.1) is 0 Å². The highest BCUT2D eigenvalue weighted by atomic mass is 35.5. The Balaban J connectivity index is 1.55. The van der Waals surface area contributed by atoms with Crippen LogP contribution in [0.1, 0.15) is 12.0 Å². The first kappa shape index (κ1) is 20.2. The maximum atomic E-state index is 12.3. The van der Waals surface area contributed by atoms with Crippen LogP contribution in [0.2, 0.25) is 10.0 Å². The standard InChI is InChI=1S/C20H18Cl2N2O4/c1-12-5-7-14(8-6-12)23-17(25)11-28-20(27)13-9-18(26)24(10-13)16-4-2-3-15(21)19(16)22/h2-8,13H,9-11H2,1H3,(H,23,25)/t13-/m1/s1. The molecule has 3 rings (SSSR count). The minimum absolute atomic E-state index is 0.0126. The lowest BCUT2D eigenvalue weighted by atomic mass is 10.1. The number of hydrogen-bond acceptors (Lipinski definition) is 4. The van der Waals surface area contributed by atoms with Gasteiger partial charge in [-0.3, -0.25) is 14.4 Å². The van der Waals surface area contributed by atoms with Crippen LogP contribution < -0.4 is 10.2 Å². The molecule has 1 atom stereocenters. The van der Waals surface area contributed by atoms with Crippen molar-refractivity contribution >= 4 is 52.4 Å². The number of ether oxygens (including phenoxy) is 1. The van der Waals surface area contributed by atoms with Crippen LogP contribution >= 0.6 is 23.2 Å². The van der Waals surface area contributed by atoms with E-state index in [0.29, 0.717) is 16.4 Å². The third-order valence-electron chi connectivity index (χ3n) is 4.36. The molecule has 2 amide bonds. The van der Waals surface area contributed by atoms with Crippen LogP contribution in [0.4, 0.5) is 11.4 Å². The summed E-state index contributed by atoms with van der Waals surface area (Å²) >= 11 is 12.2. The lowest BCUT2D eigenvalue weighted by molar-refractivity contribution is -0.151. The first-order chi connectivity index (χ1) is 13.3. The molecule has 1 N–H and O–H groups in total. The Morgan fingerprint density at radius 1 is 1.18 bits per heavy atom. The summed E-state index contributed by atoms with van der Waals surface area (Å²) in [6, 6.07) is 12.2. The molecule has 0 aliphatic carbocycles. The van der Waals surface area contributed by atoms with Crippen molar-refractivity contribution in [1.29, 1.82) is 0 Å². The topological polar surface area (TPSA) is 75.7 Å². The largest absolute Gasteiger partial charge is 0.455 e. The first-order valence-corrected chi connectivity index (χ1v) is 9.38. The van der Waals surface area contributed by atoms with E-state index in [9.17, 15) is 14.4 Å². The van der Waals surface area contributed by atoms with Crippen molar-refractivity contribution in [3.63, 3.8) is 0 Å². The number of esters is 1. The van der Waals surface area contributed by atoms with Gasteiger partial charge in [0.15, 0.2) is 6.61 Å². The fourth-order valence-electron chi connectivity index (χ4n) is 2.89. The molecule has 2 aromatic rings. The summed E-state index contributed by atoms with van der Waals surface area (Å²) in [5, 5.41) is 3.23. The van der Waals surface area contributed by atoms with Gasteiger partial charge in [0.25, 0.3) is 5.91 Å². The summed E-state index contributed by atoms with van der Waals surface area (Å²) in [6.07, 6.45) is -0.0126. The van der Waals surface area contributed by atoms with Crippen LogP contribution in [-0.4, -0.2) is 30.9 Å². The summed E-state index contributed by atoms with van der Waals surface area (Å²) in [4.78, 5) is 37.9. The van der Waals surface area contributed by atoms with E-state index in [1.807, 2.05) is 19.1 Å². The highest BCUT2D eigenvalue weighted by Gasteiger charge is 2.37. The van der Waals surface area contributed by atoms with Gasteiger partial charge in [0, 0.05) is 18.7 Å². The quantitative estimate of drug-likeness (QED) is 0.745. The zero-order valence-electron chi connectivity index (χ0n) is 15.1. The second-order valence-corrected chi connectivity index (χ2v) is 7.29. The van der Waals surface area contributed by atoms with Crippen LogP contribution in [-0.2, 0) is 19.1 Å². The van der Waals surface area contributed by atoms with Gasteiger partial charge in [-0.25, -0.2) is 0 Å². The van der Waals surface area contributed by atoms with Gasteiger partial charge in [0.1, 0.15) is 0 Å². The molecule has 0 spiro atoms. The predicted molar refractivity (Wildman–Crippen MR) is 108 cm³/mol. The molecule has 1 heterocycles. The van der Waals surface area contributed by atoms with Gasteiger partial charge < -0.3 is 15.0 Å². The Morgan fingerprint density at radius 2 is 1.89 bits per heavy atom. The van der Waals surface area contributed by atoms with Gasteiger partial charge in [-0.05, 0) is 31.2 Å². The van der Waals surface area contributed by atoms with Crippen molar-refractivity contribution in [2.24, 2.45) is 5.92 Å². The van der Waals surface area contributed by atoms with E-state index in [0.717, 1.165) is 5.56 Å². The number of carbonyl (C=O) groups is 3. The van der Waals surface area contributed by atoms with Crippen LogP contribution in [0.15, 0.2) is 42.5 Å². The molecule has 6 nitrogen and oxygen atoms in total. The summed E-state index contributed by atoms with van der Waals surface area (Å²) < 4.78 is 5.08. The third kappa shape index (κ3) is 4.64. The lowest BCUT2D eigenvalue weighted by Gasteiger charge is -2.18. The zero-order valence-corrected chi connectivity index (χ0v) is 16.6. The van der Waals surface area contributed by atoms with Crippen LogP contribution in [0, 0.1) is 12.8 Å². The molecular weight excluding hydrogens is 403 g/mol. The number of rotatable bonds is 5. The van der Waals surface area contributed by atoms with Crippen molar-refractivity contribution in [2.75, 3.05) is 23.4 Å². The molecule has 8 heteroatoms. The Morgan fingerprint density at radius 3 is 2.61 bits per heavy atom. The Bertz CT molecular complexity index is 915. The predicted octanol–water partition coefficient (Wildman–Crippen LogP) is 3.84. The SMILES string of the molecule is Cc1ccc(NC(=O)COC(=O)[C@@H]2CC(=O)N(c3cccc(Cl)c3Cl)C2)cc1. The second-order valence-electron chi connectivity index (χ2n) is 6.50. The fraction of sp³-hybridized carbons (Fsp3) is 0.250. The minimum atomic E-state index is -0.672. The summed E-state index contributed by atoms with van der Waals surface area (Å²) in [5.74, 6) is -1.98. The Kier molecular flexibility index (Phi) is 6.21. The molecule has 1 aliphatic rings. The normalized spacial score (nSPS) is 16.2. The third-order valence-corrected chi connectivity index (χ3v) is 5.17. The van der Waals surface area contributed by atoms with Crippen LogP contribution in [0.25, 0.3) is 0 Å². The molecule has 2 aromatic carbocycles. The molecular formula is C20H18Cl2N2O4. The number of nitrogens with zero attached hydrogens (tertiary/aromatic N) is 1. The molecule has 1 saturated heterocycles. The number of nitrogens with one attached hydrogen (secondary N) is 1. The average Bonchev–Trinajstić information content (AvgIpc) is 3.05. The number of halogens is 2. The summed E-state index contributed by atoms with van der Waals surface area (Å²) in [7, 11) is 0. The maximum absolute atomic E-state index is 12.3.